The molecule has 0 spiro atoms. The van der Waals surface area contributed by atoms with Crippen molar-refractivity contribution in [3.05, 3.63) is 92.3 Å². The van der Waals surface area contributed by atoms with E-state index in [-0.39, 0.29) is 22.1 Å². The van der Waals surface area contributed by atoms with Gasteiger partial charge in [-0.1, -0.05) is 24.7 Å². The molecule has 11 nitrogen and oxygen atoms in total. The van der Waals surface area contributed by atoms with Crippen molar-refractivity contribution in [3.63, 3.8) is 0 Å². The van der Waals surface area contributed by atoms with Crippen LogP contribution in [0.5, 0.6) is 0 Å². The first kappa shape index (κ1) is 28.2. The van der Waals surface area contributed by atoms with Crippen LogP contribution in [0.2, 0.25) is 0 Å². The van der Waals surface area contributed by atoms with Crippen molar-refractivity contribution in [3.8, 4) is 0 Å². The van der Waals surface area contributed by atoms with Gasteiger partial charge < -0.3 is 20.1 Å². The van der Waals surface area contributed by atoms with Crippen molar-refractivity contribution in [1.29, 1.82) is 0 Å². The summed E-state index contributed by atoms with van der Waals surface area (Å²) in [6.45, 7) is 3.88. The van der Waals surface area contributed by atoms with Crippen molar-refractivity contribution in [2.45, 2.75) is 26.7 Å². The number of carbonyl (C=O) groups is 4. The molecule has 2 heterocycles. The Kier molecular flexibility index (Phi) is 8.70. The van der Waals surface area contributed by atoms with Gasteiger partial charge in [0.15, 0.2) is 4.96 Å². The Hall–Kier alpha value is -4.84. The third kappa shape index (κ3) is 6.07. The SMILES string of the molecule is CCCc1cc(=O)n2c(C(=O)Nc3ccc(C(=O)OCC)cc3)c(C(=O)Nc3ccc(C(=O)OC)cc3)sc2n1. The minimum Gasteiger partial charge on any atom is -0.465 e. The van der Waals surface area contributed by atoms with Gasteiger partial charge in [0.05, 0.1) is 24.8 Å². The third-order valence-electron chi connectivity index (χ3n) is 5.72. The number of hydrogen-bond acceptors (Lipinski definition) is 9. The molecule has 2 amide bonds. The van der Waals surface area contributed by atoms with Crippen LogP contribution in [0.3, 0.4) is 0 Å². The Bertz CT molecular complexity index is 1640. The molecular formula is C28H26N4O7S. The zero-order chi connectivity index (χ0) is 28.8. The normalized spacial score (nSPS) is 10.7. The van der Waals surface area contributed by atoms with Crippen molar-refractivity contribution in [2.24, 2.45) is 0 Å². The lowest BCUT2D eigenvalue weighted by Gasteiger charge is -2.09. The van der Waals surface area contributed by atoms with E-state index in [1.165, 1.54) is 61.7 Å². The number of methoxy groups -OCH3 is 1. The van der Waals surface area contributed by atoms with Gasteiger partial charge in [-0.15, -0.1) is 0 Å². The molecule has 0 saturated carbocycles. The van der Waals surface area contributed by atoms with E-state index >= 15 is 0 Å². The Morgan fingerprint density at radius 1 is 0.875 bits per heavy atom. The highest BCUT2D eigenvalue weighted by Crippen LogP contribution is 2.25. The first-order valence-electron chi connectivity index (χ1n) is 12.4. The van der Waals surface area contributed by atoms with Crippen LogP contribution in [-0.2, 0) is 15.9 Å². The number of carbonyl (C=O) groups excluding carboxylic acids is 4. The van der Waals surface area contributed by atoms with Gasteiger partial charge in [-0.3, -0.25) is 14.4 Å². The number of nitrogens with one attached hydrogen (secondary N) is 2. The number of nitrogens with zero attached hydrogens (tertiary/aromatic N) is 2. The van der Waals surface area contributed by atoms with E-state index in [1.54, 1.807) is 6.92 Å². The third-order valence-corrected chi connectivity index (χ3v) is 6.76. The first-order valence-corrected chi connectivity index (χ1v) is 13.2. The number of amides is 2. The van der Waals surface area contributed by atoms with Crippen molar-refractivity contribution in [2.75, 3.05) is 24.4 Å². The minimum atomic E-state index is -0.714. The topological polar surface area (TPSA) is 145 Å². The van der Waals surface area contributed by atoms with Gasteiger partial charge in [-0.2, -0.15) is 0 Å². The van der Waals surface area contributed by atoms with Crippen molar-refractivity contribution >= 4 is 51.4 Å². The second kappa shape index (κ2) is 12.3. The summed E-state index contributed by atoms with van der Waals surface area (Å²) in [7, 11) is 1.27. The molecule has 0 saturated heterocycles. The lowest BCUT2D eigenvalue weighted by molar-refractivity contribution is 0.0525. The number of hydrogen-bond donors (Lipinski definition) is 2. The number of benzene rings is 2. The predicted molar refractivity (Wildman–Crippen MR) is 149 cm³/mol. The van der Waals surface area contributed by atoms with E-state index in [9.17, 15) is 24.0 Å². The zero-order valence-electron chi connectivity index (χ0n) is 22.0. The molecule has 12 heteroatoms. The molecule has 2 aromatic heterocycles. The second-order valence-corrected chi connectivity index (χ2v) is 9.49. The second-order valence-electron chi connectivity index (χ2n) is 8.51. The van der Waals surface area contributed by atoms with Gasteiger partial charge in [0.1, 0.15) is 10.6 Å². The molecule has 0 radical (unpaired) electrons. The summed E-state index contributed by atoms with van der Waals surface area (Å²) in [6.07, 6.45) is 1.32. The highest BCUT2D eigenvalue weighted by Gasteiger charge is 2.27. The maximum absolute atomic E-state index is 13.5. The molecule has 0 fully saturated rings. The molecule has 2 N–H and O–H groups in total. The molecule has 40 heavy (non-hydrogen) atoms. The summed E-state index contributed by atoms with van der Waals surface area (Å²) in [4.78, 5) is 68.3. The van der Waals surface area contributed by atoms with E-state index in [4.69, 9.17) is 4.74 Å². The van der Waals surface area contributed by atoms with Crippen LogP contribution in [0.15, 0.2) is 59.4 Å². The molecular weight excluding hydrogens is 536 g/mol. The first-order chi connectivity index (χ1) is 19.2. The van der Waals surface area contributed by atoms with Crippen LogP contribution in [-0.4, -0.2) is 46.9 Å². The predicted octanol–water partition coefficient (Wildman–Crippen LogP) is 4.18. The van der Waals surface area contributed by atoms with Crippen LogP contribution in [0, 0.1) is 0 Å². The molecule has 0 atom stereocenters. The van der Waals surface area contributed by atoms with Gasteiger partial charge in [0, 0.05) is 23.1 Å². The highest BCUT2D eigenvalue weighted by molar-refractivity contribution is 7.19. The Labute approximate surface area is 232 Å². The summed E-state index contributed by atoms with van der Waals surface area (Å²) in [6, 6.07) is 13.4. The average molecular weight is 563 g/mol. The van der Waals surface area contributed by atoms with Crippen LogP contribution in [0.4, 0.5) is 11.4 Å². The van der Waals surface area contributed by atoms with Gasteiger partial charge >= 0.3 is 11.9 Å². The standard InChI is InChI=1S/C28H26N4O7S/c1-4-6-20-15-21(33)32-22(24(34)29-18-13-9-17(10-14-18)27(37)39-5-2)23(40-28(32)31-20)25(35)30-19-11-7-16(8-12-19)26(36)38-3/h7-15H,4-6H2,1-3H3,(H,29,34)(H,30,35). The Morgan fingerprint density at radius 3 is 2.00 bits per heavy atom. The average Bonchev–Trinajstić information content (AvgIpc) is 3.34. The number of fused-ring (bicyclic) bond motifs is 1. The number of ether oxygens (including phenoxy) is 2. The smallest absolute Gasteiger partial charge is 0.338 e. The van der Waals surface area contributed by atoms with Crippen LogP contribution in [0.1, 0.15) is 66.8 Å². The maximum atomic E-state index is 13.5. The molecule has 206 valence electrons. The summed E-state index contributed by atoms with van der Waals surface area (Å²) in [5, 5.41) is 5.38. The maximum Gasteiger partial charge on any atom is 0.338 e. The monoisotopic (exact) mass is 562 g/mol. The van der Waals surface area contributed by atoms with E-state index < -0.39 is 29.3 Å². The molecule has 0 bridgehead atoms. The molecule has 0 aliphatic rings. The fourth-order valence-electron chi connectivity index (χ4n) is 3.85. The van der Waals surface area contributed by atoms with Crippen LogP contribution in [0.25, 0.3) is 4.96 Å². The lowest BCUT2D eigenvalue weighted by Crippen LogP contribution is -2.25. The number of esters is 2. The fourth-order valence-corrected chi connectivity index (χ4v) is 4.90. The summed E-state index contributed by atoms with van der Waals surface area (Å²) < 4.78 is 10.8. The molecule has 4 rings (SSSR count). The van der Waals surface area contributed by atoms with E-state index in [0.29, 0.717) is 34.6 Å². The summed E-state index contributed by atoms with van der Waals surface area (Å²) in [5.41, 5.74) is 1.20. The zero-order valence-corrected chi connectivity index (χ0v) is 22.8. The number of rotatable bonds is 9. The molecule has 0 unspecified atom stereocenters. The minimum absolute atomic E-state index is 0.0315. The summed E-state index contributed by atoms with van der Waals surface area (Å²) in [5.74, 6) is -2.37. The Balaban J connectivity index is 1.70. The lowest BCUT2D eigenvalue weighted by atomic mass is 10.2. The summed E-state index contributed by atoms with van der Waals surface area (Å²) >= 11 is 0.912. The van der Waals surface area contributed by atoms with Gasteiger partial charge in [0.2, 0.25) is 0 Å². The molecule has 0 aliphatic heterocycles. The van der Waals surface area contributed by atoms with Gasteiger partial charge in [-0.25, -0.2) is 19.0 Å². The van der Waals surface area contributed by atoms with Crippen molar-refractivity contribution < 1.29 is 28.7 Å². The molecule has 4 aromatic rings. The van der Waals surface area contributed by atoms with E-state index in [0.717, 1.165) is 22.2 Å². The van der Waals surface area contributed by atoms with E-state index in [2.05, 4.69) is 20.4 Å². The number of aromatic nitrogens is 2. The quantitative estimate of drug-likeness (QED) is 0.289. The Morgan fingerprint density at radius 2 is 1.45 bits per heavy atom. The largest absolute Gasteiger partial charge is 0.465 e. The van der Waals surface area contributed by atoms with Gasteiger partial charge in [0.25, 0.3) is 17.4 Å². The molecule has 2 aromatic carbocycles. The van der Waals surface area contributed by atoms with Crippen LogP contribution >= 0.6 is 11.3 Å². The number of aryl methyl sites for hydroxylation is 1. The van der Waals surface area contributed by atoms with Gasteiger partial charge in [-0.05, 0) is 61.9 Å². The highest BCUT2D eigenvalue weighted by atomic mass is 32.1. The van der Waals surface area contributed by atoms with Crippen molar-refractivity contribution in [1.82, 2.24) is 9.38 Å². The number of thiazole rings is 1. The number of anilines is 2. The fraction of sp³-hybridized carbons (Fsp3) is 0.214. The van der Waals surface area contributed by atoms with E-state index in [1.807, 2.05) is 6.92 Å². The molecule has 0 aliphatic carbocycles. The van der Waals surface area contributed by atoms with Crippen LogP contribution < -0.4 is 16.2 Å².